The van der Waals surface area contributed by atoms with E-state index in [0.717, 1.165) is 0 Å². The molecule has 0 amide bonds. The van der Waals surface area contributed by atoms with Crippen molar-refractivity contribution in [3.05, 3.63) is 0 Å². The SMILES string of the molecule is CN[C@@H]1[C@H](O[C@H]2O[C@H](CO)[C@@H](N)[C@@H](O)[C@@H]2O)O[C@H]2[C@@H](O)[C@@H](N)[C@H](O[C@H]3[C@H](O)[C@@H](O)[C@@H](N)C[C@H]3N)O[C@@H]2[C@H]1O. The van der Waals surface area contributed by atoms with Crippen LogP contribution in [0.5, 0.6) is 0 Å². The summed E-state index contributed by atoms with van der Waals surface area (Å²) in [7, 11) is 1.49. The van der Waals surface area contributed by atoms with Crippen LogP contribution in [0.15, 0.2) is 0 Å². The summed E-state index contributed by atoms with van der Waals surface area (Å²) in [6.45, 7) is -0.551. The average Bonchev–Trinajstić information content (AvgIpc) is 2.89. The van der Waals surface area contributed by atoms with Crippen LogP contribution in [0.2, 0.25) is 0 Å². The average molecular weight is 556 g/mol. The molecule has 4 rings (SSSR count). The van der Waals surface area contributed by atoms with Crippen LogP contribution in [0.3, 0.4) is 0 Å². The van der Waals surface area contributed by atoms with Crippen LogP contribution in [0.4, 0.5) is 0 Å². The normalized spacial score (nSPS) is 55.9. The Morgan fingerprint density at radius 1 is 0.684 bits per heavy atom. The van der Waals surface area contributed by atoms with E-state index in [-0.39, 0.29) is 6.42 Å². The van der Waals surface area contributed by atoms with Crippen molar-refractivity contribution in [2.24, 2.45) is 22.9 Å². The minimum Gasteiger partial charge on any atom is -0.394 e. The third-order valence-corrected chi connectivity index (χ3v) is 7.87. The second-order valence-corrected chi connectivity index (χ2v) is 10.4. The van der Waals surface area contributed by atoms with E-state index in [4.69, 9.17) is 46.6 Å². The first-order valence-corrected chi connectivity index (χ1v) is 12.6. The molecular formula is C21H41N5O12. The van der Waals surface area contributed by atoms with Gasteiger partial charge in [0.05, 0.1) is 30.8 Å². The molecule has 17 heteroatoms. The number of aliphatic hydroxyl groups excluding tert-OH is 7. The fourth-order valence-corrected chi connectivity index (χ4v) is 5.47. The Hall–Kier alpha value is -0.680. The van der Waals surface area contributed by atoms with Gasteiger partial charge >= 0.3 is 0 Å². The third-order valence-electron chi connectivity index (χ3n) is 7.87. The molecule has 0 radical (unpaired) electrons. The van der Waals surface area contributed by atoms with Gasteiger partial charge in [0.2, 0.25) is 0 Å². The smallest absolute Gasteiger partial charge is 0.189 e. The highest BCUT2D eigenvalue weighted by molar-refractivity contribution is 5.04. The number of hydrogen-bond donors (Lipinski definition) is 12. The Bertz CT molecular complexity index is 789. The molecule has 1 saturated carbocycles. The van der Waals surface area contributed by atoms with E-state index in [0.29, 0.717) is 0 Å². The van der Waals surface area contributed by atoms with E-state index in [9.17, 15) is 35.7 Å². The lowest BCUT2D eigenvalue weighted by molar-refractivity contribution is -0.384. The molecular weight excluding hydrogens is 514 g/mol. The second-order valence-electron chi connectivity index (χ2n) is 10.4. The maximum absolute atomic E-state index is 11.1. The molecule has 222 valence electrons. The van der Waals surface area contributed by atoms with Gasteiger partial charge in [-0.05, 0) is 13.5 Å². The highest BCUT2D eigenvalue weighted by Crippen LogP contribution is 2.35. The summed E-state index contributed by atoms with van der Waals surface area (Å²) in [4.78, 5) is 0. The third kappa shape index (κ3) is 5.46. The molecule has 0 aromatic rings. The Morgan fingerprint density at radius 2 is 1.32 bits per heavy atom. The minimum absolute atomic E-state index is 0.151. The summed E-state index contributed by atoms with van der Waals surface area (Å²) in [6, 6.07) is -4.84. The molecule has 0 aromatic heterocycles. The van der Waals surface area contributed by atoms with E-state index in [1.54, 1.807) is 0 Å². The number of fused-ring (bicyclic) bond motifs is 1. The van der Waals surface area contributed by atoms with Gasteiger partial charge in [-0.2, -0.15) is 0 Å². The number of likely N-dealkylation sites (N-methyl/N-ethyl adjacent to an activating group) is 1. The van der Waals surface area contributed by atoms with E-state index < -0.39 is 117 Å². The van der Waals surface area contributed by atoms with Gasteiger partial charge in [-0.1, -0.05) is 0 Å². The van der Waals surface area contributed by atoms with Crippen molar-refractivity contribution in [2.75, 3.05) is 13.7 Å². The predicted molar refractivity (Wildman–Crippen MR) is 124 cm³/mol. The molecule has 3 saturated heterocycles. The molecule has 3 heterocycles. The van der Waals surface area contributed by atoms with Crippen molar-refractivity contribution in [1.29, 1.82) is 0 Å². The summed E-state index contributed by atoms with van der Waals surface area (Å²) >= 11 is 0. The Morgan fingerprint density at radius 3 is 1.95 bits per heavy atom. The van der Waals surface area contributed by atoms with Crippen LogP contribution >= 0.6 is 0 Å². The Balaban J connectivity index is 1.48. The predicted octanol–water partition coefficient (Wildman–Crippen LogP) is -7.98. The summed E-state index contributed by atoms with van der Waals surface area (Å²) in [6.07, 6.45) is -17.3. The maximum atomic E-state index is 11.1. The molecule has 38 heavy (non-hydrogen) atoms. The fraction of sp³-hybridized carbons (Fsp3) is 1.00. The van der Waals surface area contributed by atoms with Crippen molar-refractivity contribution < 1.29 is 59.4 Å². The molecule has 16 N–H and O–H groups in total. The molecule has 17 nitrogen and oxygen atoms in total. The van der Waals surface area contributed by atoms with Crippen LogP contribution in [-0.4, -0.2) is 160 Å². The van der Waals surface area contributed by atoms with Crippen molar-refractivity contribution in [3.63, 3.8) is 0 Å². The molecule has 0 unspecified atom stereocenters. The molecule has 1 aliphatic carbocycles. The van der Waals surface area contributed by atoms with E-state index in [1.165, 1.54) is 7.05 Å². The summed E-state index contributed by atoms with van der Waals surface area (Å²) in [5.41, 5.74) is 23.8. The highest BCUT2D eigenvalue weighted by atomic mass is 16.8. The summed E-state index contributed by atoms with van der Waals surface area (Å²) in [5, 5.41) is 75.6. The number of hydrogen-bond acceptors (Lipinski definition) is 17. The lowest BCUT2D eigenvalue weighted by atomic mass is 9.84. The van der Waals surface area contributed by atoms with Crippen LogP contribution in [0.1, 0.15) is 6.42 Å². The molecule has 0 aromatic carbocycles. The van der Waals surface area contributed by atoms with Gasteiger partial charge in [-0.15, -0.1) is 0 Å². The van der Waals surface area contributed by atoms with Gasteiger partial charge in [0.1, 0.15) is 54.9 Å². The number of rotatable bonds is 6. The van der Waals surface area contributed by atoms with Crippen LogP contribution in [0, 0.1) is 0 Å². The van der Waals surface area contributed by atoms with Gasteiger partial charge < -0.3 is 87.7 Å². The van der Waals surface area contributed by atoms with Gasteiger partial charge in [-0.25, -0.2) is 0 Å². The zero-order chi connectivity index (χ0) is 28.0. The fourth-order valence-electron chi connectivity index (χ4n) is 5.47. The van der Waals surface area contributed by atoms with Crippen molar-refractivity contribution in [1.82, 2.24) is 5.32 Å². The zero-order valence-electron chi connectivity index (χ0n) is 20.8. The topological polar surface area (TPSA) is 304 Å². The first kappa shape index (κ1) is 30.3. The van der Waals surface area contributed by atoms with E-state index in [2.05, 4.69) is 5.32 Å². The largest absolute Gasteiger partial charge is 0.394 e. The van der Waals surface area contributed by atoms with Gasteiger partial charge in [0.25, 0.3) is 0 Å². The lowest BCUT2D eigenvalue weighted by Gasteiger charge is -2.53. The van der Waals surface area contributed by atoms with Crippen molar-refractivity contribution >= 4 is 0 Å². The molecule has 4 fully saturated rings. The van der Waals surface area contributed by atoms with Crippen LogP contribution in [0.25, 0.3) is 0 Å². The zero-order valence-corrected chi connectivity index (χ0v) is 20.8. The second kappa shape index (κ2) is 12.0. The first-order chi connectivity index (χ1) is 17.9. The van der Waals surface area contributed by atoms with Gasteiger partial charge in [0.15, 0.2) is 18.9 Å². The molecule has 0 spiro atoms. The quantitative estimate of drug-likeness (QED) is 0.145. The van der Waals surface area contributed by atoms with Crippen LogP contribution < -0.4 is 28.3 Å². The number of aliphatic hydroxyl groups is 7. The first-order valence-electron chi connectivity index (χ1n) is 12.6. The maximum Gasteiger partial charge on any atom is 0.189 e. The molecule has 3 aliphatic heterocycles. The standard InChI is InChI=1S/C21H41N5O12/c1-26-9-13(31)18-17(37-20(9)38-21-15(33)11(29)7(24)6(3-27)34-21)12(30)8(25)19(36-18)35-16-5(23)2-4(22)10(28)14(16)32/h4-21,26-33H,2-3,22-25H2,1H3/t4-,5+,6+,7+,8+,9-,10-,11+,12-,13-,14+,15-,16+,17-,18+,19+,20-,21+/m0/s1. The number of nitrogens with two attached hydrogens (primary N) is 4. The summed E-state index contributed by atoms with van der Waals surface area (Å²) in [5.74, 6) is 0. The molecule has 18 atom stereocenters. The number of nitrogens with one attached hydrogen (secondary N) is 1. The number of ether oxygens (including phenoxy) is 5. The Labute approximate surface area is 218 Å². The van der Waals surface area contributed by atoms with Crippen molar-refractivity contribution in [3.8, 4) is 0 Å². The van der Waals surface area contributed by atoms with Crippen molar-refractivity contribution in [2.45, 2.75) is 117 Å². The highest BCUT2D eigenvalue weighted by Gasteiger charge is 2.57. The molecule has 0 bridgehead atoms. The van der Waals surface area contributed by atoms with E-state index in [1.807, 2.05) is 0 Å². The van der Waals surface area contributed by atoms with E-state index >= 15 is 0 Å². The monoisotopic (exact) mass is 555 g/mol. The van der Waals surface area contributed by atoms with Crippen LogP contribution in [-0.2, 0) is 23.7 Å². The van der Waals surface area contributed by atoms with Gasteiger partial charge in [0, 0.05) is 12.1 Å². The Kier molecular flexibility index (Phi) is 9.60. The minimum atomic E-state index is -1.61. The van der Waals surface area contributed by atoms with Gasteiger partial charge in [-0.3, -0.25) is 0 Å². The lowest BCUT2D eigenvalue weighted by Crippen LogP contribution is -2.74. The molecule has 4 aliphatic rings. The summed E-state index contributed by atoms with van der Waals surface area (Å²) < 4.78 is 28.8.